The van der Waals surface area contributed by atoms with Crippen molar-refractivity contribution in [2.75, 3.05) is 0 Å². The number of hydrogen-bond donors (Lipinski definition) is 0. The summed E-state index contributed by atoms with van der Waals surface area (Å²) in [5, 5.41) is 9.59. The number of fused-ring (bicyclic) bond motifs is 6. The summed E-state index contributed by atoms with van der Waals surface area (Å²) in [7, 11) is 0. The fourth-order valence-corrected chi connectivity index (χ4v) is 8.07. The van der Waals surface area contributed by atoms with Gasteiger partial charge in [0, 0.05) is 18.8 Å². The van der Waals surface area contributed by atoms with Crippen molar-refractivity contribution in [2.45, 2.75) is 13.2 Å². The minimum atomic E-state index is -2.93. The van der Waals surface area contributed by atoms with Crippen molar-refractivity contribution in [3.63, 3.8) is 0 Å². The molecular weight excluding hydrogens is 617 g/mol. The van der Waals surface area contributed by atoms with Crippen molar-refractivity contribution >= 4 is 54.1 Å². The van der Waals surface area contributed by atoms with Crippen LogP contribution < -0.4 is 0 Å². The van der Waals surface area contributed by atoms with Crippen LogP contribution in [-0.2, 0) is 6.37 Å². The molecule has 0 amide bonds. The third kappa shape index (κ3) is 4.61. The molecule has 240 valence electrons. The lowest BCUT2D eigenvalue weighted by atomic mass is 9.83. The van der Waals surface area contributed by atoms with E-state index in [1.165, 1.54) is 43.4 Å². The Morgan fingerprint density at radius 1 is 0.490 bits per heavy atom. The van der Waals surface area contributed by atoms with Gasteiger partial charge in [-0.1, -0.05) is 159 Å². The third-order valence-electron chi connectivity index (χ3n) is 10.3. The molecule has 1 heterocycles. The molecule has 0 saturated carbocycles. The van der Waals surface area contributed by atoms with Crippen LogP contribution in [0, 0.1) is 0 Å². The number of para-hydroxylation sites is 3. The Kier molecular flexibility index (Phi) is 5.70. The van der Waals surface area contributed by atoms with Crippen molar-refractivity contribution in [1.82, 2.24) is 9.55 Å². The summed E-state index contributed by atoms with van der Waals surface area (Å²) in [5.74, 6) is -0.153. The molecule has 0 N–H and O–H groups in total. The topological polar surface area (TPSA) is 17.8 Å². The van der Waals surface area contributed by atoms with E-state index in [1.54, 1.807) is 10.6 Å². The Hall–Kier alpha value is -6.51. The molecule has 0 bridgehead atoms. The molecule has 10 aromatic rings. The zero-order valence-corrected chi connectivity index (χ0v) is 27.6. The molecule has 2 nitrogen and oxygen atoms in total. The van der Waals surface area contributed by atoms with Crippen molar-refractivity contribution < 1.29 is 6.85 Å². The lowest BCUT2D eigenvalue weighted by Crippen LogP contribution is -2.02. The van der Waals surface area contributed by atoms with E-state index in [0.717, 1.165) is 33.0 Å². The van der Waals surface area contributed by atoms with E-state index in [9.17, 15) is 0 Å². The summed E-state index contributed by atoms with van der Waals surface area (Å²) in [6.07, 6.45) is -2.70. The molecule has 0 spiro atoms. The summed E-state index contributed by atoms with van der Waals surface area (Å²) >= 11 is 0. The van der Waals surface area contributed by atoms with Gasteiger partial charge in [-0.05, 0) is 95.2 Å². The summed E-state index contributed by atoms with van der Waals surface area (Å²) in [6.45, 7) is -2.93. The van der Waals surface area contributed by atoms with Crippen molar-refractivity contribution in [1.29, 1.82) is 0 Å². The van der Waals surface area contributed by atoms with Gasteiger partial charge in [0.15, 0.2) is 0 Å². The highest BCUT2D eigenvalue weighted by Gasteiger charge is 2.20. The van der Waals surface area contributed by atoms with Crippen molar-refractivity contribution in [2.24, 2.45) is 0 Å². The standard InChI is InChI=1S/C49H34N2/c1-2-47-50-44-24-12-14-26-46(44)51(47)45-25-13-11-17-36(45)32-27-29-33(30-28-32)48-39-20-7-9-22-41(39)49(42-23-10-8-21-40(42)48)43-31-34-15-3-4-16-35(34)37-18-5-6-19-38(37)43/h3-31H,2H2,1H3/i1D3,2D2. The number of aromatic nitrogens is 2. The van der Waals surface area contributed by atoms with Gasteiger partial charge in [0.25, 0.3) is 0 Å². The average molecular weight is 656 g/mol. The van der Waals surface area contributed by atoms with Crippen LogP contribution in [0.3, 0.4) is 0 Å². The number of benzene rings is 9. The zero-order valence-electron chi connectivity index (χ0n) is 32.6. The third-order valence-corrected chi connectivity index (χ3v) is 10.3. The van der Waals surface area contributed by atoms with Gasteiger partial charge in [-0.25, -0.2) is 4.98 Å². The molecule has 9 aromatic carbocycles. The minimum Gasteiger partial charge on any atom is -0.296 e. The highest BCUT2D eigenvalue weighted by molar-refractivity contribution is 6.25. The normalized spacial score (nSPS) is 13.7. The highest BCUT2D eigenvalue weighted by atomic mass is 15.1. The Morgan fingerprint density at radius 3 is 1.76 bits per heavy atom. The van der Waals surface area contributed by atoms with Gasteiger partial charge < -0.3 is 0 Å². The van der Waals surface area contributed by atoms with Crippen LogP contribution in [0.4, 0.5) is 0 Å². The van der Waals surface area contributed by atoms with Gasteiger partial charge >= 0.3 is 0 Å². The second kappa shape index (κ2) is 11.8. The van der Waals surface area contributed by atoms with Crippen LogP contribution in [-0.4, -0.2) is 9.55 Å². The van der Waals surface area contributed by atoms with E-state index in [1.807, 2.05) is 42.5 Å². The Bertz CT molecular complexity index is 3100. The molecule has 0 fully saturated rings. The Morgan fingerprint density at radius 2 is 1.04 bits per heavy atom. The largest absolute Gasteiger partial charge is 0.296 e. The smallest absolute Gasteiger partial charge is 0.114 e. The van der Waals surface area contributed by atoms with Gasteiger partial charge in [-0.15, -0.1) is 0 Å². The van der Waals surface area contributed by atoms with Crippen LogP contribution in [0.5, 0.6) is 0 Å². The van der Waals surface area contributed by atoms with E-state index in [-0.39, 0.29) is 5.82 Å². The predicted molar refractivity (Wildman–Crippen MR) is 217 cm³/mol. The first-order valence-electron chi connectivity index (χ1n) is 19.7. The van der Waals surface area contributed by atoms with Gasteiger partial charge in [-0.3, -0.25) is 4.57 Å². The van der Waals surface area contributed by atoms with Crippen LogP contribution in [0.25, 0.3) is 93.2 Å². The quantitative estimate of drug-likeness (QED) is 0.133. The Balaban J connectivity index is 1.17. The zero-order chi connectivity index (χ0) is 38.2. The summed E-state index contributed by atoms with van der Waals surface area (Å²) in [4.78, 5) is 4.56. The van der Waals surface area contributed by atoms with Crippen LogP contribution in [0.15, 0.2) is 176 Å². The lowest BCUT2D eigenvalue weighted by molar-refractivity contribution is 0.909. The summed E-state index contributed by atoms with van der Waals surface area (Å²) < 4.78 is 43.4. The number of rotatable bonds is 5. The highest BCUT2D eigenvalue weighted by Crippen LogP contribution is 2.46. The van der Waals surface area contributed by atoms with Crippen LogP contribution in [0.1, 0.15) is 19.5 Å². The molecule has 0 radical (unpaired) electrons. The predicted octanol–water partition coefficient (Wildman–Crippen LogP) is 13.2. The fourth-order valence-electron chi connectivity index (χ4n) is 8.07. The molecule has 0 aliphatic heterocycles. The van der Waals surface area contributed by atoms with E-state index < -0.39 is 13.2 Å². The molecule has 2 heteroatoms. The van der Waals surface area contributed by atoms with E-state index in [0.29, 0.717) is 16.7 Å². The molecule has 0 unspecified atom stereocenters. The molecule has 0 aliphatic rings. The average Bonchev–Trinajstić information content (AvgIpc) is 3.63. The van der Waals surface area contributed by atoms with Crippen LogP contribution in [0.2, 0.25) is 0 Å². The lowest BCUT2D eigenvalue weighted by Gasteiger charge is -2.20. The van der Waals surface area contributed by atoms with Gasteiger partial charge in [0.2, 0.25) is 0 Å². The number of nitrogens with zero attached hydrogens (tertiary/aromatic N) is 2. The first-order valence-corrected chi connectivity index (χ1v) is 17.2. The maximum absolute atomic E-state index is 8.74. The fraction of sp³-hybridized carbons (Fsp3) is 0.0408. The SMILES string of the molecule is [2H]C([2H])([2H])C([2H])([2H])c1nc2ccccc2n1-c1ccccc1-c1ccc(-c2c3ccccc3c(-c3cc4ccccc4c4ccccc34)c3ccccc23)cc1. The second-order valence-corrected chi connectivity index (χ2v) is 13.0. The van der Waals surface area contributed by atoms with Gasteiger partial charge in [0.05, 0.1) is 16.7 Å². The van der Waals surface area contributed by atoms with Gasteiger partial charge in [-0.2, -0.15) is 0 Å². The molecule has 1 aromatic heterocycles. The van der Waals surface area contributed by atoms with Gasteiger partial charge in [0.1, 0.15) is 5.82 Å². The van der Waals surface area contributed by atoms with E-state index in [2.05, 4.69) is 132 Å². The van der Waals surface area contributed by atoms with Crippen molar-refractivity contribution in [3.05, 3.63) is 182 Å². The molecule has 0 atom stereocenters. The molecule has 51 heavy (non-hydrogen) atoms. The van der Waals surface area contributed by atoms with E-state index in [4.69, 9.17) is 6.85 Å². The first kappa shape index (κ1) is 24.6. The molecule has 0 aliphatic carbocycles. The molecule has 10 rings (SSSR count). The summed E-state index contributed by atoms with van der Waals surface area (Å²) in [5.41, 5.74) is 8.21. The maximum atomic E-state index is 8.74. The minimum absolute atomic E-state index is 0.153. The maximum Gasteiger partial charge on any atom is 0.114 e. The van der Waals surface area contributed by atoms with Crippen LogP contribution >= 0.6 is 0 Å². The van der Waals surface area contributed by atoms with Crippen molar-refractivity contribution in [3.8, 4) is 39.1 Å². The number of aryl methyl sites for hydroxylation is 1. The second-order valence-electron chi connectivity index (χ2n) is 13.0. The number of hydrogen-bond acceptors (Lipinski definition) is 1. The molecular formula is C49H34N2. The monoisotopic (exact) mass is 655 g/mol. The van der Waals surface area contributed by atoms with E-state index >= 15 is 0 Å². The summed E-state index contributed by atoms with van der Waals surface area (Å²) in [6, 6.07) is 60.5. The first-order chi connectivity index (χ1) is 27.2. The Labute approximate surface area is 303 Å². The molecule has 0 saturated heterocycles. The number of imidazole rings is 1.